The van der Waals surface area contributed by atoms with Crippen molar-refractivity contribution in [3.05, 3.63) is 46.3 Å². The first-order valence-corrected chi connectivity index (χ1v) is 6.04. The van der Waals surface area contributed by atoms with Crippen LogP contribution in [0.2, 0.25) is 0 Å². The van der Waals surface area contributed by atoms with Crippen molar-refractivity contribution in [2.24, 2.45) is 5.73 Å². The number of hydrogen-bond donors (Lipinski definition) is 3. The fraction of sp³-hybridized carbons (Fsp3) is 0. The minimum Gasteiger partial charge on any atom is -0.397 e. The maximum atomic E-state index is 13.0. The Morgan fingerprint density at radius 1 is 1.37 bits per heavy atom. The second-order valence-electron chi connectivity index (χ2n) is 3.77. The number of aromatic nitrogens is 1. The van der Waals surface area contributed by atoms with Crippen molar-refractivity contribution >= 4 is 39.0 Å². The van der Waals surface area contributed by atoms with Crippen LogP contribution in [0.15, 0.2) is 34.9 Å². The molecule has 5 N–H and O–H groups in total. The molecule has 0 saturated heterocycles. The van der Waals surface area contributed by atoms with Gasteiger partial charge in [0.05, 0.1) is 23.1 Å². The minimum absolute atomic E-state index is 0.177. The quantitative estimate of drug-likeness (QED) is 0.808. The molecule has 0 unspecified atom stereocenters. The number of halogens is 2. The van der Waals surface area contributed by atoms with Crippen LogP contribution in [-0.2, 0) is 0 Å². The average molecular weight is 325 g/mol. The minimum atomic E-state index is -0.638. The third-order valence-corrected chi connectivity index (χ3v) is 3.05. The lowest BCUT2D eigenvalue weighted by molar-refractivity contribution is 0.100. The molecular formula is C12H10BrFN4O. The van der Waals surface area contributed by atoms with Gasteiger partial charge in [-0.05, 0) is 40.2 Å². The molecule has 2 rings (SSSR count). The van der Waals surface area contributed by atoms with Crippen LogP contribution >= 0.6 is 15.9 Å². The summed E-state index contributed by atoms with van der Waals surface area (Å²) in [5.41, 5.74) is 11.8. The molecule has 0 spiro atoms. The first-order valence-electron chi connectivity index (χ1n) is 5.25. The number of carbonyl (C=O) groups excluding carboxylic acids is 1. The number of anilines is 3. The first kappa shape index (κ1) is 13.3. The smallest absolute Gasteiger partial charge is 0.250 e. The summed E-state index contributed by atoms with van der Waals surface area (Å²) < 4.78 is 13.5. The number of nitrogens with zero attached hydrogens (tertiary/aromatic N) is 1. The highest BCUT2D eigenvalue weighted by Gasteiger charge is 2.09. The number of benzene rings is 1. The average Bonchev–Trinajstić information content (AvgIpc) is 2.34. The standard InChI is InChI=1S/C12H10BrFN4O/c13-8-3-6(14)1-2-10(8)18-11-4-7(12(16)19)9(15)5-17-11/h1-5H,15H2,(H2,16,19)(H,17,18). The summed E-state index contributed by atoms with van der Waals surface area (Å²) in [7, 11) is 0. The van der Waals surface area contributed by atoms with Gasteiger partial charge in [0, 0.05) is 4.47 Å². The summed E-state index contributed by atoms with van der Waals surface area (Å²) in [6.07, 6.45) is 1.33. The second-order valence-corrected chi connectivity index (χ2v) is 4.62. The molecule has 0 fully saturated rings. The Labute approximate surface area is 116 Å². The van der Waals surface area contributed by atoms with Gasteiger partial charge in [0.1, 0.15) is 11.6 Å². The van der Waals surface area contributed by atoms with Crippen molar-refractivity contribution in [2.75, 3.05) is 11.1 Å². The molecular weight excluding hydrogens is 315 g/mol. The number of rotatable bonds is 3. The molecule has 1 amide bonds. The van der Waals surface area contributed by atoms with E-state index in [0.29, 0.717) is 16.0 Å². The number of primary amides is 1. The van der Waals surface area contributed by atoms with E-state index < -0.39 is 5.91 Å². The lowest BCUT2D eigenvalue weighted by Crippen LogP contribution is -2.14. The van der Waals surface area contributed by atoms with Crippen LogP contribution < -0.4 is 16.8 Å². The van der Waals surface area contributed by atoms with Gasteiger partial charge in [-0.2, -0.15) is 0 Å². The topological polar surface area (TPSA) is 94.0 Å². The Kier molecular flexibility index (Phi) is 3.66. The third-order valence-electron chi connectivity index (χ3n) is 2.39. The van der Waals surface area contributed by atoms with Crippen molar-refractivity contribution < 1.29 is 9.18 Å². The van der Waals surface area contributed by atoms with Crippen LogP contribution in [0.25, 0.3) is 0 Å². The lowest BCUT2D eigenvalue weighted by Gasteiger charge is -2.09. The predicted octanol–water partition coefficient (Wildman–Crippen LogP) is 2.41. The molecule has 0 aliphatic heterocycles. The van der Waals surface area contributed by atoms with E-state index in [0.717, 1.165) is 0 Å². The van der Waals surface area contributed by atoms with E-state index in [2.05, 4.69) is 26.2 Å². The monoisotopic (exact) mass is 324 g/mol. The molecule has 19 heavy (non-hydrogen) atoms. The normalized spacial score (nSPS) is 10.2. The number of nitrogens with two attached hydrogens (primary N) is 2. The molecule has 0 bridgehead atoms. The Bertz CT molecular complexity index is 648. The van der Waals surface area contributed by atoms with Gasteiger partial charge < -0.3 is 16.8 Å². The summed E-state index contributed by atoms with van der Waals surface area (Å²) in [6.45, 7) is 0. The van der Waals surface area contributed by atoms with E-state index in [1.54, 1.807) is 6.07 Å². The molecule has 2 aromatic rings. The van der Waals surface area contributed by atoms with Crippen LogP contribution in [0.5, 0.6) is 0 Å². The van der Waals surface area contributed by atoms with Gasteiger partial charge in [-0.1, -0.05) is 0 Å². The zero-order valence-electron chi connectivity index (χ0n) is 9.65. The second kappa shape index (κ2) is 5.23. The number of pyridine rings is 1. The Balaban J connectivity index is 2.33. The van der Waals surface area contributed by atoms with Gasteiger partial charge in [0.2, 0.25) is 0 Å². The molecule has 0 saturated carbocycles. The fourth-order valence-corrected chi connectivity index (χ4v) is 1.93. The Morgan fingerprint density at radius 3 is 2.74 bits per heavy atom. The Morgan fingerprint density at radius 2 is 2.11 bits per heavy atom. The fourth-order valence-electron chi connectivity index (χ4n) is 1.48. The van der Waals surface area contributed by atoms with Crippen LogP contribution in [0.3, 0.4) is 0 Å². The number of nitrogen functional groups attached to an aromatic ring is 1. The van der Waals surface area contributed by atoms with E-state index in [9.17, 15) is 9.18 Å². The van der Waals surface area contributed by atoms with Gasteiger partial charge in [0.25, 0.3) is 5.91 Å². The van der Waals surface area contributed by atoms with Crippen LogP contribution in [-0.4, -0.2) is 10.9 Å². The summed E-state index contributed by atoms with van der Waals surface area (Å²) in [6, 6.07) is 5.60. The zero-order chi connectivity index (χ0) is 14.0. The highest BCUT2D eigenvalue weighted by Crippen LogP contribution is 2.26. The van der Waals surface area contributed by atoms with Crippen LogP contribution in [0.1, 0.15) is 10.4 Å². The van der Waals surface area contributed by atoms with E-state index >= 15 is 0 Å². The molecule has 98 valence electrons. The van der Waals surface area contributed by atoms with Crippen LogP contribution in [0, 0.1) is 5.82 Å². The van der Waals surface area contributed by atoms with E-state index in [4.69, 9.17) is 11.5 Å². The molecule has 0 atom stereocenters. The maximum Gasteiger partial charge on any atom is 0.250 e. The molecule has 0 aliphatic carbocycles. The maximum absolute atomic E-state index is 13.0. The molecule has 7 heteroatoms. The largest absolute Gasteiger partial charge is 0.397 e. The number of carbonyl (C=O) groups is 1. The predicted molar refractivity (Wildman–Crippen MR) is 74.5 cm³/mol. The third kappa shape index (κ3) is 3.00. The molecule has 0 radical (unpaired) electrons. The highest BCUT2D eigenvalue weighted by molar-refractivity contribution is 9.10. The van der Waals surface area contributed by atoms with E-state index in [1.165, 1.54) is 24.4 Å². The van der Waals surface area contributed by atoms with Gasteiger partial charge in [-0.15, -0.1) is 0 Å². The van der Waals surface area contributed by atoms with Crippen molar-refractivity contribution in [2.45, 2.75) is 0 Å². The summed E-state index contributed by atoms with van der Waals surface area (Å²) in [5.74, 6) is -0.614. The van der Waals surface area contributed by atoms with E-state index in [1.807, 2.05) is 0 Å². The van der Waals surface area contributed by atoms with Crippen molar-refractivity contribution in [3.63, 3.8) is 0 Å². The zero-order valence-corrected chi connectivity index (χ0v) is 11.2. The number of hydrogen-bond acceptors (Lipinski definition) is 4. The molecule has 0 aliphatic rings. The summed E-state index contributed by atoms with van der Waals surface area (Å²) in [4.78, 5) is 15.2. The number of nitrogens with one attached hydrogen (secondary N) is 1. The lowest BCUT2D eigenvalue weighted by atomic mass is 10.2. The van der Waals surface area contributed by atoms with Crippen LogP contribution in [0.4, 0.5) is 21.6 Å². The molecule has 1 aromatic heterocycles. The highest BCUT2D eigenvalue weighted by atomic mass is 79.9. The van der Waals surface area contributed by atoms with Gasteiger partial charge in [0.15, 0.2) is 0 Å². The van der Waals surface area contributed by atoms with Gasteiger partial charge in [-0.3, -0.25) is 4.79 Å². The molecule has 1 heterocycles. The van der Waals surface area contributed by atoms with Gasteiger partial charge >= 0.3 is 0 Å². The Hall–Kier alpha value is -2.15. The molecule has 5 nitrogen and oxygen atoms in total. The van der Waals surface area contributed by atoms with Crippen molar-refractivity contribution in [3.8, 4) is 0 Å². The summed E-state index contributed by atoms with van der Waals surface area (Å²) in [5, 5.41) is 2.93. The summed E-state index contributed by atoms with van der Waals surface area (Å²) >= 11 is 3.22. The van der Waals surface area contributed by atoms with E-state index in [-0.39, 0.29) is 17.1 Å². The molecule has 1 aromatic carbocycles. The number of amides is 1. The first-order chi connectivity index (χ1) is 8.97. The van der Waals surface area contributed by atoms with Gasteiger partial charge in [-0.25, -0.2) is 9.37 Å². The SMILES string of the molecule is NC(=O)c1cc(Nc2ccc(F)cc2Br)ncc1N. The van der Waals surface area contributed by atoms with Crippen molar-refractivity contribution in [1.29, 1.82) is 0 Å². The van der Waals surface area contributed by atoms with Crippen molar-refractivity contribution in [1.82, 2.24) is 4.98 Å².